The van der Waals surface area contributed by atoms with Crippen molar-refractivity contribution in [3.05, 3.63) is 30.3 Å². The number of piperazine rings is 1. The SMILES string of the molecule is CC1CCN(S(=O)(=O)NCCN2CCN(c3ccccc3)CC2)CC1. The summed E-state index contributed by atoms with van der Waals surface area (Å²) in [7, 11) is -3.32. The van der Waals surface area contributed by atoms with E-state index in [4.69, 9.17) is 0 Å². The summed E-state index contributed by atoms with van der Waals surface area (Å²) in [6.45, 7) is 8.65. The third-order valence-electron chi connectivity index (χ3n) is 5.29. The topological polar surface area (TPSA) is 55.9 Å². The van der Waals surface area contributed by atoms with Gasteiger partial charge in [-0.2, -0.15) is 12.7 Å². The Kier molecular flexibility index (Phi) is 6.33. The average Bonchev–Trinajstić information content (AvgIpc) is 2.63. The Morgan fingerprint density at radius 2 is 1.64 bits per heavy atom. The lowest BCUT2D eigenvalue weighted by Crippen LogP contribution is -2.50. The molecule has 0 radical (unpaired) electrons. The van der Waals surface area contributed by atoms with Crippen molar-refractivity contribution in [2.45, 2.75) is 19.8 Å². The molecule has 0 aromatic heterocycles. The molecule has 0 bridgehead atoms. The minimum atomic E-state index is -3.32. The molecule has 140 valence electrons. The fraction of sp³-hybridized carbons (Fsp3) is 0.667. The molecule has 0 aliphatic carbocycles. The van der Waals surface area contributed by atoms with Gasteiger partial charge in [-0.05, 0) is 30.9 Å². The predicted molar refractivity (Wildman–Crippen MR) is 102 cm³/mol. The van der Waals surface area contributed by atoms with Crippen molar-refractivity contribution < 1.29 is 8.42 Å². The maximum Gasteiger partial charge on any atom is 0.279 e. The first kappa shape index (κ1) is 18.6. The predicted octanol–water partition coefficient (Wildman–Crippen LogP) is 1.37. The molecule has 25 heavy (non-hydrogen) atoms. The zero-order chi connectivity index (χ0) is 17.7. The van der Waals surface area contributed by atoms with Gasteiger partial charge in [0.1, 0.15) is 0 Å². The van der Waals surface area contributed by atoms with Crippen LogP contribution in [0.4, 0.5) is 5.69 Å². The fourth-order valence-electron chi connectivity index (χ4n) is 3.52. The Morgan fingerprint density at radius 1 is 1.00 bits per heavy atom. The Balaban J connectivity index is 1.38. The van der Waals surface area contributed by atoms with Gasteiger partial charge in [0, 0.05) is 58.0 Å². The van der Waals surface area contributed by atoms with Crippen molar-refractivity contribution in [2.24, 2.45) is 5.92 Å². The monoisotopic (exact) mass is 366 g/mol. The molecule has 1 N–H and O–H groups in total. The molecule has 2 saturated heterocycles. The van der Waals surface area contributed by atoms with Crippen LogP contribution in [0.15, 0.2) is 30.3 Å². The number of benzene rings is 1. The van der Waals surface area contributed by atoms with Crippen LogP contribution in [0.3, 0.4) is 0 Å². The number of piperidine rings is 1. The van der Waals surface area contributed by atoms with E-state index in [-0.39, 0.29) is 0 Å². The van der Waals surface area contributed by atoms with Crippen LogP contribution in [0.25, 0.3) is 0 Å². The van der Waals surface area contributed by atoms with Crippen molar-refractivity contribution in [1.29, 1.82) is 0 Å². The van der Waals surface area contributed by atoms with E-state index in [0.717, 1.165) is 45.6 Å². The van der Waals surface area contributed by atoms with E-state index in [0.29, 0.717) is 25.6 Å². The second kappa shape index (κ2) is 8.49. The fourth-order valence-corrected chi connectivity index (χ4v) is 4.74. The second-order valence-corrected chi connectivity index (χ2v) is 8.90. The standard InChI is InChI=1S/C18H30N4O2S/c1-17-7-10-22(11-8-17)25(23,24)19-9-12-20-13-15-21(16-14-20)18-5-3-2-4-6-18/h2-6,17,19H,7-16H2,1H3. The highest BCUT2D eigenvalue weighted by Crippen LogP contribution is 2.18. The van der Waals surface area contributed by atoms with Crippen LogP contribution >= 0.6 is 0 Å². The van der Waals surface area contributed by atoms with Gasteiger partial charge in [0.05, 0.1) is 0 Å². The van der Waals surface area contributed by atoms with Gasteiger partial charge >= 0.3 is 0 Å². The molecule has 0 atom stereocenters. The summed E-state index contributed by atoms with van der Waals surface area (Å²) in [5, 5.41) is 0. The van der Waals surface area contributed by atoms with Crippen molar-refractivity contribution in [3.8, 4) is 0 Å². The second-order valence-electron chi connectivity index (χ2n) is 7.15. The molecule has 0 amide bonds. The van der Waals surface area contributed by atoms with Gasteiger partial charge in [-0.1, -0.05) is 25.1 Å². The Hall–Kier alpha value is -1.15. The van der Waals surface area contributed by atoms with Gasteiger partial charge < -0.3 is 4.90 Å². The van der Waals surface area contributed by atoms with Crippen molar-refractivity contribution in [1.82, 2.24) is 13.9 Å². The minimum Gasteiger partial charge on any atom is -0.369 e. The number of hydrogen-bond acceptors (Lipinski definition) is 4. The zero-order valence-electron chi connectivity index (χ0n) is 15.1. The maximum absolute atomic E-state index is 12.4. The average molecular weight is 367 g/mol. The molecule has 7 heteroatoms. The van der Waals surface area contributed by atoms with Crippen LogP contribution in [0, 0.1) is 5.92 Å². The summed E-state index contributed by atoms with van der Waals surface area (Å²) >= 11 is 0. The van der Waals surface area contributed by atoms with E-state index < -0.39 is 10.2 Å². The van der Waals surface area contributed by atoms with Crippen LogP contribution in [-0.4, -0.2) is 70.0 Å². The lowest BCUT2D eigenvalue weighted by atomic mass is 10.0. The number of hydrogen-bond donors (Lipinski definition) is 1. The first-order valence-corrected chi connectivity index (χ1v) is 10.8. The third-order valence-corrected chi connectivity index (χ3v) is 6.90. The van der Waals surface area contributed by atoms with Gasteiger partial charge in [0.15, 0.2) is 0 Å². The highest BCUT2D eigenvalue weighted by Gasteiger charge is 2.26. The van der Waals surface area contributed by atoms with E-state index in [1.165, 1.54) is 5.69 Å². The van der Waals surface area contributed by atoms with Gasteiger partial charge in [0.2, 0.25) is 0 Å². The van der Waals surface area contributed by atoms with E-state index >= 15 is 0 Å². The first-order chi connectivity index (χ1) is 12.0. The van der Waals surface area contributed by atoms with Crippen LogP contribution in [0.2, 0.25) is 0 Å². The van der Waals surface area contributed by atoms with Crippen LogP contribution in [0.5, 0.6) is 0 Å². The number of rotatable bonds is 6. The molecule has 6 nitrogen and oxygen atoms in total. The molecule has 2 heterocycles. The summed E-state index contributed by atoms with van der Waals surface area (Å²) in [5.41, 5.74) is 1.27. The molecule has 2 aliphatic heterocycles. The Bertz CT molecular complexity index is 622. The van der Waals surface area contributed by atoms with Crippen molar-refractivity contribution in [3.63, 3.8) is 0 Å². The van der Waals surface area contributed by atoms with Crippen LogP contribution in [0.1, 0.15) is 19.8 Å². The summed E-state index contributed by atoms with van der Waals surface area (Å²) < 4.78 is 29.1. The summed E-state index contributed by atoms with van der Waals surface area (Å²) in [6.07, 6.45) is 1.92. The van der Waals surface area contributed by atoms with Gasteiger partial charge in [-0.25, -0.2) is 4.72 Å². The lowest BCUT2D eigenvalue weighted by Gasteiger charge is -2.36. The van der Waals surface area contributed by atoms with Crippen molar-refractivity contribution >= 4 is 15.9 Å². The smallest absolute Gasteiger partial charge is 0.279 e. The quantitative estimate of drug-likeness (QED) is 0.826. The molecular weight excluding hydrogens is 336 g/mol. The van der Waals surface area contributed by atoms with Crippen molar-refractivity contribution in [2.75, 3.05) is 57.3 Å². The molecule has 0 spiro atoms. The van der Waals surface area contributed by atoms with E-state index in [1.54, 1.807) is 4.31 Å². The van der Waals surface area contributed by atoms with Gasteiger partial charge in [-0.3, -0.25) is 4.90 Å². The van der Waals surface area contributed by atoms with E-state index in [1.807, 2.05) is 6.07 Å². The normalized spacial score (nSPS) is 21.6. The zero-order valence-corrected chi connectivity index (χ0v) is 15.9. The van der Waals surface area contributed by atoms with Gasteiger partial charge in [0.25, 0.3) is 10.2 Å². The molecule has 3 rings (SSSR count). The number of nitrogens with one attached hydrogen (secondary N) is 1. The first-order valence-electron chi connectivity index (χ1n) is 9.32. The molecule has 2 fully saturated rings. The molecular formula is C18H30N4O2S. The number of para-hydroxylation sites is 1. The summed E-state index contributed by atoms with van der Waals surface area (Å²) in [5.74, 6) is 0.632. The molecule has 1 aromatic rings. The maximum atomic E-state index is 12.4. The highest BCUT2D eigenvalue weighted by atomic mass is 32.2. The largest absolute Gasteiger partial charge is 0.369 e. The molecule has 1 aromatic carbocycles. The summed E-state index contributed by atoms with van der Waals surface area (Å²) in [6, 6.07) is 10.5. The van der Waals surface area contributed by atoms with Crippen LogP contribution < -0.4 is 9.62 Å². The molecule has 0 unspecified atom stereocenters. The Morgan fingerprint density at radius 3 is 2.28 bits per heavy atom. The van der Waals surface area contributed by atoms with Gasteiger partial charge in [-0.15, -0.1) is 0 Å². The van der Waals surface area contributed by atoms with E-state index in [9.17, 15) is 8.42 Å². The number of nitrogens with zero attached hydrogens (tertiary/aromatic N) is 3. The Labute approximate surface area is 152 Å². The third kappa shape index (κ3) is 5.17. The number of anilines is 1. The summed E-state index contributed by atoms with van der Waals surface area (Å²) in [4.78, 5) is 4.72. The lowest BCUT2D eigenvalue weighted by molar-refractivity contribution is 0.258. The van der Waals surface area contributed by atoms with Crippen LogP contribution in [-0.2, 0) is 10.2 Å². The minimum absolute atomic E-state index is 0.486. The molecule has 2 aliphatic rings. The highest BCUT2D eigenvalue weighted by molar-refractivity contribution is 7.87. The van der Waals surface area contributed by atoms with E-state index in [2.05, 4.69) is 45.7 Å². The molecule has 0 saturated carbocycles.